The maximum atomic E-state index is 12.1. The first-order chi connectivity index (χ1) is 11.0. The topological polar surface area (TPSA) is 67.5 Å². The van der Waals surface area contributed by atoms with E-state index in [1.807, 2.05) is 36.6 Å². The van der Waals surface area contributed by atoms with Crippen molar-refractivity contribution in [2.24, 2.45) is 11.0 Å². The van der Waals surface area contributed by atoms with Crippen molar-refractivity contribution in [2.45, 2.75) is 20.8 Å². The Hall–Kier alpha value is -2.47. The molecule has 0 radical (unpaired) electrons. The van der Waals surface area contributed by atoms with Crippen LogP contribution in [-0.4, -0.2) is 10.7 Å². The molecule has 0 atom stereocenters. The molecule has 0 saturated carbocycles. The maximum Gasteiger partial charge on any atom is 0.345 e. The second kappa shape index (κ2) is 6.34. The van der Waals surface area contributed by atoms with Gasteiger partial charge in [0, 0.05) is 16.5 Å². The highest BCUT2D eigenvalue weighted by atomic mass is 32.1. The van der Waals surface area contributed by atoms with Gasteiger partial charge in [0.15, 0.2) is 0 Å². The summed E-state index contributed by atoms with van der Waals surface area (Å²) in [6.07, 6.45) is 0. The van der Waals surface area contributed by atoms with Crippen LogP contribution in [0.15, 0.2) is 50.0 Å². The highest BCUT2D eigenvalue weighted by Gasteiger charge is 2.11. The molecule has 6 heteroatoms. The molecular weight excluding hydrogens is 310 g/mol. The lowest BCUT2D eigenvalue weighted by molar-refractivity contribution is 0.563. The summed E-state index contributed by atoms with van der Waals surface area (Å²) < 4.78 is 5.35. The van der Waals surface area contributed by atoms with Gasteiger partial charge in [0.2, 0.25) is 5.13 Å². The van der Waals surface area contributed by atoms with Crippen LogP contribution in [0.4, 0.5) is 5.13 Å². The van der Waals surface area contributed by atoms with Crippen molar-refractivity contribution in [3.05, 3.63) is 46.1 Å². The van der Waals surface area contributed by atoms with Crippen LogP contribution in [-0.2, 0) is 0 Å². The lowest BCUT2D eigenvalue weighted by atomic mass is 10.1. The maximum absolute atomic E-state index is 12.1. The van der Waals surface area contributed by atoms with Gasteiger partial charge in [-0.2, -0.15) is 5.10 Å². The molecule has 118 valence electrons. The number of fused-ring (bicyclic) bond motifs is 1. The van der Waals surface area contributed by atoms with E-state index in [0.29, 0.717) is 27.9 Å². The van der Waals surface area contributed by atoms with Crippen molar-refractivity contribution in [1.82, 2.24) is 4.98 Å². The minimum atomic E-state index is -0.387. The van der Waals surface area contributed by atoms with E-state index in [4.69, 9.17) is 4.42 Å². The zero-order valence-corrected chi connectivity index (χ0v) is 14.0. The first kappa shape index (κ1) is 15.4. The van der Waals surface area contributed by atoms with Gasteiger partial charge in [-0.25, -0.2) is 9.78 Å². The normalized spacial score (nSPS) is 12.1. The molecule has 2 aromatic heterocycles. The summed E-state index contributed by atoms with van der Waals surface area (Å²) in [5.74, 6) is 0.370. The largest absolute Gasteiger partial charge is 0.422 e. The van der Waals surface area contributed by atoms with Gasteiger partial charge in [-0.15, -0.1) is 11.3 Å². The van der Waals surface area contributed by atoms with E-state index in [0.717, 1.165) is 11.1 Å². The number of nitrogens with zero attached hydrogens (tertiary/aromatic N) is 2. The lowest BCUT2D eigenvalue weighted by Gasteiger charge is -2.03. The van der Waals surface area contributed by atoms with Crippen LogP contribution in [0.2, 0.25) is 0 Å². The van der Waals surface area contributed by atoms with Gasteiger partial charge in [-0.3, -0.25) is 5.43 Å². The Morgan fingerprint density at radius 3 is 2.91 bits per heavy atom. The van der Waals surface area contributed by atoms with Gasteiger partial charge in [-0.05, 0) is 25.0 Å². The molecule has 0 fully saturated rings. The smallest absolute Gasteiger partial charge is 0.345 e. The molecule has 0 bridgehead atoms. The summed E-state index contributed by atoms with van der Waals surface area (Å²) in [6.45, 7) is 6.12. The SMILES string of the molecule is C/C(=N\Nc1nc(-c2cc3ccccc3oc2=O)cs1)C(C)C. The standard InChI is InChI=1S/C17H17N3O2S/c1-10(2)11(3)19-20-17-18-14(9-23-17)13-8-12-6-4-5-7-15(12)22-16(13)21/h4-10H,1-3H3,(H,18,20)/b19-11+. The van der Waals surface area contributed by atoms with E-state index in [9.17, 15) is 4.79 Å². The molecular formula is C17H17N3O2S. The number of thiazole rings is 1. The first-order valence-electron chi connectivity index (χ1n) is 7.33. The quantitative estimate of drug-likeness (QED) is 0.439. The van der Waals surface area contributed by atoms with E-state index in [1.54, 1.807) is 6.07 Å². The third-order valence-electron chi connectivity index (χ3n) is 3.59. The predicted octanol–water partition coefficient (Wildman–Crippen LogP) is 4.36. The number of benzene rings is 1. The third-order valence-corrected chi connectivity index (χ3v) is 4.33. The molecule has 0 aliphatic heterocycles. The monoisotopic (exact) mass is 327 g/mol. The zero-order valence-electron chi connectivity index (χ0n) is 13.2. The Labute approximate surface area is 137 Å². The molecule has 3 aromatic rings. The summed E-state index contributed by atoms with van der Waals surface area (Å²) >= 11 is 1.40. The van der Waals surface area contributed by atoms with Gasteiger partial charge < -0.3 is 4.42 Å². The van der Waals surface area contributed by atoms with Gasteiger partial charge >= 0.3 is 5.63 Å². The lowest BCUT2D eigenvalue weighted by Crippen LogP contribution is -2.05. The first-order valence-corrected chi connectivity index (χ1v) is 8.21. The number of hydrogen-bond donors (Lipinski definition) is 1. The molecule has 0 unspecified atom stereocenters. The average Bonchev–Trinajstić information content (AvgIpc) is 3.00. The Morgan fingerprint density at radius 1 is 1.35 bits per heavy atom. The third kappa shape index (κ3) is 3.32. The molecule has 5 nitrogen and oxygen atoms in total. The molecule has 3 rings (SSSR count). The zero-order chi connectivity index (χ0) is 16.4. The summed E-state index contributed by atoms with van der Waals surface area (Å²) in [7, 11) is 0. The van der Waals surface area contributed by atoms with Crippen molar-refractivity contribution in [3.63, 3.8) is 0 Å². The van der Waals surface area contributed by atoms with Gasteiger partial charge in [0.25, 0.3) is 0 Å². The molecule has 23 heavy (non-hydrogen) atoms. The van der Waals surface area contributed by atoms with Crippen molar-refractivity contribution in [1.29, 1.82) is 0 Å². The number of hydrogen-bond acceptors (Lipinski definition) is 6. The fourth-order valence-electron chi connectivity index (χ4n) is 1.95. The minimum Gasteiger partial charge on any atom is -0.422 e. The summed E-state index contributed by atoms with van der Waals surface area (Å²) in [5.41, 5.74) is 5.17. The van der Waals surface area contributed by atoms with Crippen LogP contribution < -0.4 is 11.1 Å². The van der Waals surface area contributed by atoms with Crippen molar-refractivity contribution < 1.29 is 4.42 Å². The van der Waals surface area contributed by atoms with E-state index >= 15 is 0 Å². The Balaban J connectivity index is 1.93. The summed E-state index contributed by atoms with van der Waals surface area (Å²) in [5, 5.41) is 7.63. The van der Waals surface area contributed by atoms with E-state index in [1.165, 1.54) is 11.3 Å². The van der Waals surface area contributed by atoms with Gasteiger partial charge in [0.1, 0.15) is 5.58 Å². The Bertz CT molecular complexity index is 925. The second-order valence-electron chi connectivity index (χ2n) is 5.54. The number of hydrazone groups is 1. The van der Waals surface area contributed by atoms with E-state index in [-0.39, 0.29) is 5.63 Å². The molecule has 0 spiro atoms. The van der Waals surface area contributed by atoms with Crippen LogP contribution in [0, 0.1) is 5.92 Å². The van der Waals surface area contributed by atoms with E-state index in [2.05, 4.69) is 29.4 Å². The second-order valence-corrected chi connectivity index (χ2v) is 6.40. The molecule has 2 heterocycles. The number of rotatable bonds is 4. The molecule has 0 saturated heterocycles. The van der Waals surface area contributed by atoms with Crippen molar-refractivity contribution >= 4 is 33.1 Å². The number of para-hydroxylation sites is 1. The Kier molecular flexibility index (Phi) is 4.25. The predicted molar refractivity (Wildman–Crippen MR) is 95.2 cm³/mol. The van der Waals surface area contributed by atoms with Crippen molar-refractivity contribution in [2.75, 3.05) is 5.43 Å². The fourth-order valence-corrected chi connectivity index (χ4v) is 2.61. The highest BCUT2D eigenvalue weighted by Crippen LogP contribution is 2.25. The summed E-state index contributed by atoms with van der Waals surface area (Å²) in [4.78, 5) is 16.6. The van der Waals surface area contributed by atoms with Crippen LogP contribution in [0.5, 0.6) is 0 Å². The minimum absolute atomic E-state index is 0.370. The van der Waals surface area contributed by atoms with Crippen LogP contribution in [0.3, 0.4) is 0 Å². The van der Waals surface area contributed by atoms with Crippen molar-refractivity contribution in [3.8, 4) is 11.3 Å². The molecule has 1 aromatic carbocycles. The van der Waals surface area contributed by atoms with Gasteiger partial charge in [0.05, 0.1) is 11.3 Å². The Morgan fingerprint density at radius 2 is 2.13 bits per heavy atom. The van der Waals surface area contributed by atoms with Gasteiger partial charge in [-0.1, -0.05) is 32.0 Å². The molecule has 0 amide bonds. The van der Waals surface area contributed by atoms with E-state index < -0.39 is 0 Å². The average molecular weight is 327 g/mol. The number of aromatic nitrogens is 1. The fraction of sp³-hybridized carbons (Fsp3) is 0.235. The number of nitrogens with one attached hydrogen (secondary N) is 1. The van der Waals surface area contributed by atoms with Crippen LogP contribution in [0.1, 0.15) is 20.8 Å². The molecule has 0 aliphatic carbocycles. The molecule has 1 N–H and O–H groups in total. The highest BCUT2D eigenvalue weighted by molar-refractivity contribution is 7.14. The molecule has 0 aliphatic rings. The van der Waals surface area contributed by atoms with Crippen LogP contribution in [0.25, 0.3) is 22.2 Å². The number of anilines is 1. The summed E-state index contributed by atoms with van der Waals surface area (Å²) in [6, 6.07) is 9.23. The van der Waals surface area contributed by atoms with Crippen LogP contribution >= 0.6 is 11.3 Å².